The Kier molecular flexibility index (Phi) is 5.54. The van der Waals surface area contributed by atoms with Gasteiger partial charge in [-0.3, -0.25) is 9.59 Å². The molecule has 0 unspecified atom stereocenters. The van der Waals surface area contributed by atoms with E-state index in [1.54, 1.807) is 24.3 Å². The largest absolute Gasteiger partial charge is 0.480 e. The van der Waals surface area contributed by atoms with E-state index in [1.165, 1.54) is 12.0 Å². The van der Waals surface area contributed by atoms with Crippen molar-refractivity contribution in [2.45, 2.75) is 6.92 Å². The molecule has 122 valence electrons. The standard InChI is InChI=1S/C17H19NO5/c1-12-3-8-15(23-12)13-4-6-14(7-5-13)17(21)18(9-10-22-2)11-16(19)20/h3-8H,9-11H2,1-2H3,(H,19,20). The van der Waals surface area contributed by atoms with Gasteiger partial charge in [0.25, 0.3) is 5.91 Å². The second-order valence-corrected chi connectivity index (χ2v) is 5.10. The predicted octanol–water partition coefficient (Wildman–Crippen LogP) is 2.43. The number of hydrogen-bond donors (Lipinski definition) is 1. The van der Waals surface area contributed by atoms with Gasteiger partial charge in [0.15, 0.2) is 0 Å². The van der Waals surface area contributed by atoms with Crippen molar-refractivity contribution in [1.29, 1.82) is 0 Å². The summed E-state index contributed by atoms with van der Waals surface area (Å²) in [5.41, 5.74) is 1.28. The maximum Gasteiger partial charge on any atom is 0.323 e. The number of aliphatic carboxylic acids is 1. The highest BCUT2D eigenvalue weighted by Gasteiger charge is 2.18. The first-order valence-electron chi connectivity index (χ1n) is 7.18. The lowest BCUT2D eigenvalue weighted by atomic mass is 10.1. The molecule has 1 amide bonds. The van der Waals surface area contributed by atoms with Crippen LogP contribution in [-0.4, -0.2) is 48.7 Å². The lowest BCUT2D eigenvalue weighted by Crippen LogP contribution is -2.37. The lowest BCUT2D eigenvalue weighted by molar-refractivity contribution is -0.137. The molecule has 0 spiro atoms. The predicted molar refractivity (Wildman–Crippen MR) is 84.3 cm³/mol. The fourth-order valence-corrected chi connectivity index (χ4v) is 2.17. The average Bonchev–Trinajstić information content (AvgIpc) is 2.97. The van der Waals surface area contributed by atoms with Crippen molar-refractivity contribution in [1.82, 2.24) is 4.90 Å². The summed E-state index contributed by atoms with van der Waals surface area (Å²) in [5, 5.41) is 8.93. The number of nitrogens with zero attached hydrogens (tertiary/aromatic N) is 1. The van der Waals surface area contributed by atoms with E-state index in [9.17, 15) is 9.59 Å². The summed E-state index contributed by atoms with van der Waals surface area (Å²) in [5.74, 6) is 0.138. The van der Waals surface area contributed by atoms with Crippen molar-refractivity contribution in [3.05, 3.63) is 47.7 Å². The molecular formula is C17H19NO5. The minimum atomic E-state index is -1.06. The Hall–Kier alpha value is -2.60. The van der Waals surface area contributed by atoms with Crippen molar-refractivity contribution in [3.63, 3.8) is 0 Å². The third-order valence-electron chi connectivity index (χ3n) is 3.34. The lowest BCUT2D eigenvalue weighted by Gasteiger charge is -2.20. The van der Waals surface area contributed by atoms with Crippen molar-refractivity contribution in [2.75, 3.05) is 26.8 Å². The Morgan fingerprint density at radius 2 is 1.87 bits per heavy atom. The van der Waals surface area contributed by atoms with Crippen LogP contribution in [0.15, 0.2) is 40.8 Å². The molecule has 0 aliphatic heterocycles. The van der Waals surface area contributed by atoms with Gasteiger partial charge in [-0.15, -0.1) is 0 Å². The number of amides is 1. The second kappa shape index (κ2) is 7.60. The Labute approximate surface area is 134 Å². The fourth-order valence-electron chi connectivity index (χ4n) is 2.17. The van der Waals surface area contributed by atoms with Crippen molar-refractivity contribution >= 4 is 11.9 Å². The molecule has 0 saturated heterocycles. The van der Waals surface area contributed by atoms with Crippen LogP contribution in [-0.2, 0) is 9.53 Å². The van der Waals surface area contributed by atoms with Crippen LogP contribution in [0.4, 0.5) is 0 Å². The van der Waals surface area contributed by atoms with Crippen LogP contribution in [0.25, 0.3) is 11.3 Å². The van der Waals surface area contributed by atoms with Gasteiger partial charge in [0.2, 0.25) is 0 Å². The zero-order valence-electron chi connectivity index (χ0n) is 13.1. The topological polar surface area (TPSA) is 80.0 Å². The normalized spacial score (nSPS) is 10.5. The van der Waals surface area contributed by atoms with Gasteiger partial charge in [0.05, 0.1) is 6.61 Å². The molecule has 0 atom stereocenters. The number of methoxy groups -OCH3 is 1. The first-order valence-corrected chi connectivity index (χ1v) is 7.18. The number of benzene rings is 1. The molecule has 1 aromatic carbocycles. The number of hydrogen-bond acceptors (Lipinski definition) is 4. The third kappa shape index (κ3) is 4.43. The van der Waals surface area contributed by atoms with Crippen molar-refractivity contribution < 1.29 is 23.8 Å². The van der Waals surface area contributed by atoms with Crippen molar-refractivity contribution in [3.8, 4) is 11.3 Å². The highest BCUT2D eigenvalue weighted by atomic mass is 16.5. The van der Waals surface area contributed by atoms with E-state index < -0.39 is 5.97 Å². The molecular weight excluding hydrogens is 298 g/mol. The molecule has 0 bridgehead atoms. The van der Waals surface area contributed by atoms with E-state index in [1.807, 2.05) is 19.1 Å². The average molecular weight is 317 g/mol. The van der Waals surface area contributed by atoms with Crippen LogP contribution in [0.1, 0.15) is 16.1 Å². The molecule has 2 aromatic rings. The zero-order valence-corrected chi connectivity index (χ0v) is 13.1. The monoisotopic (exact) mass is 317 g/mol. The summed E-state index contributed by atoms with van der Waals surface area (Å²) in [6.45, 7) is 2.01. The number of carbonyl (C=O) groups excluding carboxylic acids is 1. The van der Waals surface area contributed by atoms with Crippen molar-refractivity contribution in [2.24, 2.45) is 0 Å². The molecule has 1 aromatic heterocycles. The van der Waals surface area contributed by atoms with Gasteiger partial charge in [-0.2, -0.15) is 0 Å². The summed E-state index contributed by atoms with van der Waals surface area (Å²) >= 11 is 0. The van der Waals surface area contributed by atoms with E-state index in [0.29, 0.717) is 5.56 Å². The van der Waals surface area contributed by atoms with Gasteiger partial charge in [0, 0.05) is 24.8 Å². The molecule has 0 saturated carbocycles. The van der Waals surface area contributed by atoms with Gasteiger partial charge in [-0.05, 0) is 31.2 Å². The van der Waals surface area contributed by atoms with Crippen LogP contribution >= 0.6 is 0 Å². The molecule has 1 heterocycles. The van der Waals surface area contributed by atoms with Gasteiger partial charge in [0.1, 0.15) is 18.1 Å². The molecule has 0 aliphatic carbocycles. The number of aryl methyl sites for hydroxylation is 1. The van der Waals surface area contributed by atoms with E-state index in [0.717, 1.165) is 17.1 Å². The SMILES string of the molecule is COCCN(CC(=O)O)C(=O)c1ccc(-c2ccc(C)o2)cc1. The Morgan fingerprint density at radius 3 is 2.39 bits per heavy atom. The minimum Gasteiger partial charge on any atom is -0.480 e. The van der Waals surface area contributed by atoms with E-state index in [4.69, 9.17) is 14.3 Å². The molecule has 2 rings (SSSR count). The molecule has 0 radical (unpaired) electrons. The Morgan fingerprint density at radius 1 is 1.17 bits per heavy atom. The summed E-state index contributed by atoms with van der Waals surface area (Å²) in [6, 6.07) is 10.6. The highest BCUT2D eigenvalue weighted by Crippen LogP contribution is 2.22. The number of furan rings is 1. The second-order valence-electron chi connectivity index (χ2n) is 5.10. The highest BCUT2D eigenvalue weighted by molar-refractivity contribution is 5.96. The molecule has 6 nitrogen and oxygen atoms in total. The zero-order chi connectivity index (χ0) is 16.8. The number of rotatable bonds is 7. The van der Waals surface area contributed by atoms with Crippen LogP contribution < -0.4 is 0 Å². The van der Waals surface area contributed by atoms with Crippen LogP contribution in [0.2, 0.25) is 0 Å². The molecule has 23 heavy (non-hydrogen) atoms. The maximum atomic E-state index is 12.4. The maximum absolute atomic E-state index is 12.4. The number of ether oxygens (including phenoxy) is 1. The quantitative estimate of drug-likeness (QED) is 0.848. The summed E-state index contributed by atoms with van der Waals surface area (Å²) in [7, 11) is 1.50. The smallest absolute Gasteiger partial charge is 0.323 e. The van der Waals surface area contributed by atoms with Crippen LogP contribution in [0.5, 0.6) is 0 Å². The molecule has 6 heteroatoms. The van der Waals surface area contributed by atoms with E-state index in [-0.39, 0.29) is 25.6 Å². The number of carbonyl (C=O) groups is 2. The molecule has 0 fully saturated rings. The van der Waals surface area contributed by atoms with Crippen LogP contribution in [0, 0.1) is 6.92 Å². The Balaban J connectivity index is 2.15. The van der Waals surface area contributed by atoms with E-state index >= 15 is 0 Å². The van der Waals surface area contributed by atoms with Crippen LogP contribution in [0.3, 0.4) is 0 Å². The van der Waals surface area contributed by atoms with Gasteiger partial charge in [-0.1, -0.05) is 12.1 Å². The van der Waals surface area contributed by atoms with Gasteiger partial charge >= 0.3 is 5.97 Å². The third-order valence-corrected chi connectivity index (χ3v) is 3.34. The first kappa shape index (κ1) is 16.8. The van der Waals surface area contributed by atoms with E-state index in [2.05, 4.69) is 0 Å². The first-order chi connectivity index (χ1) is 11.0. The molecule has 0 aliphatic rings. The number of carboxylic acid groups (broad SMARTS) is 1. The Bertz CT molecular complexity index is 675. The van der Waals surface area contributed by atoms with Gasteiger partial charge in [-0.25, -0.2) is 0 Å². The number of carboxylic acids is 1. The summed E-state index contributed by atoms with van der Waals surface area (Å²) < 4.78 is 10.5. The summed E-state index contributed by atoms with van der Waals surface area (Å²) in [6.07, 6.45) is 0. The van der Waals surface area contributed by atoms with Gasteiger partial charge < -0.3 is 19.2 Å². The molecule has 1 N–H and O–H groups in total. The summed E-state index contributed by atoms with van der Waals surface area (Å²) in [4.78, 5) is 24.6. The fraction of sp³-hybridized carbons (Fsp3) is 0.294. The minimum absolute atomic E-state index is 0.223.